The number of carbonyl (C=O) groups excluding carboxylic acids is 5. The predicted molar refractivity (Wildman–Crippen MR) is 221 cm³/mol. The minimum absolute atomic E-state index is 0.0567. The molecule has 2 fully saturated rings. The first-order valence-corrected chi connectivity index (χ1v) is 21.2. The molecule has 2 aromatic carbocycles. The van der Waals surface area contributed by atoms with Gasteiger partial charge in [0.2, 0.25) is 17.7 Å². The van der Waals surface area contributed by atoms with Crippen LogP contribution in [0.5, 0.6) is 5.75 Å². The van der Waals surface area contributed by atoms with Crippen molar-refractivity contribution in [1.29, 1.82) is 0 Å². The average Bonchev–Trinajstić information content (AvgIpc) is 3.48. The number of β-amino-alcohol motifs (C(OH)–C–C–N with tert-alkyl or cyclic N) is 1. The fourth-order valence-corrected chi connectivity index (χ4v) is 8.47. The quantitative estimate of drug-likeness (QED) is 0.111. The molecule has 3 aliphatic rings. The number of ether oxygens (including phenoxy) is 1. The van der Waals surface area contributed by atoms with Crippen LogP contribution in [0.25, 0.3) is 10.4 Å². The number of halogens is 1. The van der Waals surface area contributed by atoms with E-state index in [0.717, 1.165) is 29.0 Å². The first kappa shape index (κ1) is 43.6. The van der Waals surface area contributed by atoms with Gasteiger partial charge in [0.1, 0.15) is 17.8 Å². The number of aliphatic hydroxyl groups is 1. The van der Waals surface area contributed by atoms with Crippen LogP contribution in [0.15, 0.2) is 48.0 Å². The zero-order valence-corrected chi connectivity index (χ0v) is 35.2. The number of alkyl halides is 1. The summed E-state index contributed by atoms with van der Waals surface area (Å²) in [6.07, 6.45) is 1.44. The Labute approximate surface area is 348 Å². The third-order valence-electron chi connectivity index (χ3n) is 11.3. The maximum absolute atomic E-state index is 14.7. The van der Waals surface area contributed by atoms with Crippen LogP contribution in [0.3, 0.4) is 0 Å². The van der Waals surface area contributed by atoms with E-state index in [1.807, 2.05) is 56.4 Å². The maximum Gasteiger partial charge on any atom is 0.258 e. The molecule has 1 saturated heterocycles. The second-order valence-electron chi connectivity index (χ2n) is 16.9. The normalized spacial score (nSPS) is 20.3. The first-order valence-electron chi connectivity index (χ1n) is 20.3. The summed E-state index contributed by atoms with van der Waals surface area (Å²) >= 11 is 1.50. The number of aryl methyl sites for hydroxylation is 2. The van der Waals surface area contributed by atoms with Gasteiger partial charge in [0.05, 0.1) is 34.6 Å². The summed E-state index contributed by atoms with van der Waals surface area (Å²) in [6.45, 7) is 7.41. The summed E-state index contributed by atoms with van der Waals surface area (Å²) in [4.78, 5) is 73.2. The number of hydrogen-bond acceptors (Lipinski definition) is 10. The van der Waals surface area contributed by atoms with Crippen molar-refractivity contribution >= 4 is 40.9 Å². The number of thiazole rings is 1. The highest BCUT2D eigenvalue weighted by atomic mass is 32.1. The topological polar surface area (TPSA) is 191 Å². The smallest absolute Gasteiger partial charge is 0.258 e. The molecule has 1 aliphatic heterocycles. The molecule has 6 rings (SSSR count). The van der Waals surface area contributed by atoms with Crippen molar-refractivity contribution in [2.75, 3.05) is 33.3 Å². The first-order chi connectivity index (χ1) is 28.1. The summed E-state index contributed by atoms with van der Waals surface area (Å²) in [6, 6.07) is 10.5. The van der Waals surface area contributed by atoms with E-state index >= 15 is 0 Å². The van der Waals surface area contributed by atoms with Gasteiger partial charge in [-0.2, -0.15) is 0 Å². The lowest BCUT2D eigenvalue weighted by molar-refractivity contribution is -0.145. The third-order valence-corrected chi connectivity index (χ3v) is 12.3. The van der Waals surface area contributed by atoms with Crippen LogP contribution in [0, 0.1) is 12.3 Å². The fraction of sp³-hybridized carbons (Fsp3) is 0.535. The Morgan fingerprint density at radius 1 is 1.03 bits per heavy atom. The number of nitrogens with zero attached hydrogens (tertiary/aromatic N) is 2. The van der Waals surface area contributed by atoms with Crippen molar-refractivity contribution in [2.24, 2.45) is 5.41 Å². The van der Waals surface area contributed by atoms with Crippen molar-refractivity contribution in [3.05, 3.63) is 70.4 Å². The SMILES string of the molecule is CN[C@@H]1CCc2ccc(OCC(=O)NCCCNC(=O)C[C@H](NC(=O)[C@@H]3C[C@@H](O)CN3C(=O)[C@@H](NC(=O)C3(F)CC3)C(C)(C)C)c3ccc(-c4scnc4C)cc3)cc21. The van der Waals surface area contributed by atoms with Crippen LogP contribution >= 0.6 is 11.3 Å². The molecule has 2 heterocycles. The molecule has 1 aromatic heterocycles. The van der Waals surface area contributed by atoms with Gasteiger partial charge in [0, 0.05) is 32.1 Å². The van der Waals surface area contributed by atoms with Crippen molar-refractivity contribution < 1.29 is 38.2 Å². The van der Waals surface area contributed by atoms with Gasteiger partial charge in [0.15, 0.2) is 12.3 Å². The Hall–Kier alpha value is -4.93. The van der Waals surface area contributed by atoms with Crippen LogP contribution in [0.4, 0.5) is 4.39 Å². The van der Waals surface area contributed by atoms with Gasteiger partial charge in [-0.15, -0.1) is 11.3 Å². The zero-order valence-electron chi connectivity index (χ0n) is 34.4. The molecule has 1 saturated carbocycles. The second-order valence-corrected chi connectivity index (χ2v) is 17.7. The van der Waals surface area contributed by atoms with Gasteiger partial charge in [0.25, 0.3) is 11.8 Å². The number of amides is 5. The van der Waals surface area contributed by atoms with Gasteiger partial charge < -0.3 is 41.3 Å². The zero-order chi connectivity index (χ0) is 42.5. The van der Waals surface area contributed by atoms with Crippen LogP contribution in [-0.4, -0.2) is 102 Å². The molecular formula is C43H56FN7O7S. The number of fused-ring (bicyclic) bond motifs is 1. The van der Waals surface area contributed by atoms with E-state index in [0.29, 0.717) is 24.3 Å². The Morgan fingerprint density at radius 2 is 1.75 bits per heavy atom. The van der Waals surface area contributed by atoms with Gasteiger partial charge >= 0.3 is 0 Å². The molecule has 0 bridgehead atoms. The molecule has 318 valence electrons. The summed E-state index contributed by atoms with van der Waals surface area (Å²) in [5.74, 6) is -2.04. The van der Waals surface area contributed by atoms with Crippen LogP contribution in [-0.2, 0) is 30.4 Å². The molecular weight excluding hydrogens is 778 g/mol. The van der Waals surface area contributed by atoms with Gasteiger partial charge in [-0.3, -0.25) is 24.0 Å². The van der Waals surface area contributed by atoms with Crippen LogP contribution in [0.1, 0.15) is 93.8 Å². The Bertz CT molecular complexity index is 2010. The lowest BCUT2D eigenvalue weighted by Gasteiger charge is -2.36. The van der Waals surface area contributed by atoms with Crippen molar-refractivity contribution in [1.82, 2.24) is 36.5 Å². The number of aromatic nitrogens is 1. The number of carbonyl (C=O) groups is 5. The second kappa shape index (κ2) is 18.6. The number of rotatable bonds is 17. The summed E-state index contributed by atoms with van der Waals surface area (Å²) in [5, 5.41) is 25.2. The lowest BCUT2D eigenvalue weighted by Crippen LogP contribution is -2.59. The highest BCUT2D eigenvalue weighted by molar-refractivity contribution is 7.13. The van der Waals surface area contributed by atoms with Crippen molar-refractivity contribution in [3.63, 3.8) is 0 Å². The Morgan fingerprint density at radius 3 is 2.39 bits per heavy atom. The fourth-order valence-electron chi connectivity index (χ4n) is 7.66. The van der Waals surface area contributed by atoms with Gasteiger partial charge in [-0.05, 0) is 85.9 Å². The molecule has 0 radical (unpaired) electrons. The molecule has 0 spiro atoms. The number of nitrogens with one attached hydrogen (secondary N) is 5. The molecule has 0 unspecified atom stereocenters. The Kier molecular flexibility index (Phi) is 13.7. The van der Waals surface area contributed by atoms with Crippen LogP contribution < -0.4 is 31.3 Å². The molecule has 16 heteroatoms. The van der Waals surface area contributed by atoms with Crippen molar-refractivity contribution in [3.8, 4) is 16.2 Å². The molecule has 3 aromatic rings. The standard InChI is InChI=1S/C43H56FN7O7S/c1-25-37(59-24-48-25)28-9-7-27(8-10-28)33(21-35(53)46-17-6-18-47-36(54)23-58-30-13-11-26-12-14-32(45-5)31(26)20-30)49-39(55)34-19-29(52)22-51(34)40(56)38(42(2,3)4)50-41(57)43(44)15-16-43/h7-11,13,20,24,29,32-34,38,45,52H,6,12,14-19,21-23H2,1-5H3,(H,46,53)(H,47,54)(H,49,55)(H,50,57)/t29-,32-,33+,34+,38-/m1/s1. The third kappa shape index (κ3) is 10.8. The largest absolute Gasteiger partial charge is 0.484 e. The predicted octanol–water partition coefficient (Wildman–Crippen LogP) is 3.57. The molecule has 14 nitrogen and oxygen atoms in total. The number of hydrogen-bond donors (Lipinski definition) is 6. The van der Waals surface area contributed by atoms with E-state index < -0.39 is 53.0 Å². The van der Waals surface area contributed by atoms with Gasteiger partial charge in [-0.1, -0.05) is 51.1 Å². The molecule has 2 aliphatic carbocycles. The number of aliphatic hydroxyl groups excluding tert-OH is 1. The lowest BCUT2D eigenvalue weighted by atomic mass is 9.85. The Balaban J connectivity index is 1.06. The van der Waals surface area contributed by atoms with E-state index in [-0.39, 0.29) is 63.2 Å². The van der Waals surface area contributed by atoms with Crippen molar-refractivity contribution in [2.45, 2.75) is 109 Å². The molecule has 59 heavy (non-hydrogen) atoms. The maximum atomic E-state index is 14.7. The van der Waals surface area contributed by atoms with Crippen LogP contribution in [0.2, 0.25) is 0 Å². The van der Waals surface area contributed by atoms with Gasteiger partial charge in [-0.25, -0.2) is 9.37 Å². The highest BCUT2D eigenvalue weighted by Crippen LogP contribution is 2.40. The average molecular weight is 834 g/mol. The summed E-state index contributed by atoms with van der Waals surface area (Å²) < 4.78 is 20.4. The summed E-state index contributed by atoms with van der Waals surface area (Å²) in [7, 11) is 1.93. The molecule has 5 amide bonds. The monoisotopic (exact) mass is 833 g/mol. The van der Waals surface area contributed by atoms with E-state index in [1.54, 1.807) is 26.3 Å². The highest BCUT2D eigenvalue weighted by Gasteiger charge is 2.53. The summed E-state index contributed by atoms with van der Waals surface area (Å²) in [5.41, 5.74) is 3.85. The van der Waals surface area contributed by atoms with E-state index in [9.17, 15) is 33.5 Å². The molecule has 5 atom stereocenters. The van der Waals surface area contributed by atoms with E-state index in [1.165, 1.54) is 27.4 Å². The number of benzene rings is 2. The number of likely N-dealkylation sites (tertiary alicyclic amines) is 1. The minimum Gasteiger partial charge on any atom is -0.484 e. The van der Waals surface area contributed by atoms with E-state index in [2.05, 4.69) is 31.6 Å². The van der Waals surface area contributed by atoms with E-state index in [4.69, 9.17) is 4.74 Å². The minimum atomic E-state index is -2.00. The molecule has 6 N–H and O–H groups in total.